The second-order valence-electron chi connectivity index (χ2n) is 4.81. The molecule has 0 bridgehead atoms. The minimum Gasteiger partial charge on any atom is -0.313 e. The molecule has 0 saturated carbocycles. The highest BCUT2D eigenvalue weighted by atomic mass is 32.2. The monoisotopic (exact) mass is 293 g/mol. The van der Waals surface area contributed by atoms with Gasteiger partial charge in [0, 0.05) is 18.3 Å². The van der Waals surface area contributed by atoms with Crippen LogP contribution < -0.4 is 11.0 Å². The fraction of sp³-hybridized carbons (Fsp3) is 0.462. The fourth-order valence-corrected chi connectivity index (χ4v) is 2.81. The zero-order chi connectivity index (χ0) is 14.7. The van der Waals surface area contributed by atoms with Crippen LogP contribution in [0.1, 0.15) is 38.4 Å². The summed E-state index contributed by atoms with van der Waals surface area (Å²) in [6.07, 6.45) is 1.77. The van der Waals surface area contributed by atoms with Crippen molar-refractivity contribution in [3.8, 4) is 0 Å². The molecule has 0 aromatic carbocycles. The van der Waals surface area contributed by atoms with Crippen molar-refractivity contribution in [2.24, 2.45) is 0 Å². The number of hydrogen-bond donors (Lipinski definition) is 2. The van der Waals surface area contributed by atoms with Gasteiger partial charge in [-0.05, 0) is 57.3 Å². The normalized spacial score (nSPS) is 12.8. The molecule has 2 rings (SSSR count). The third-order valence-electron chi connectivity index (χ3n) is 3.08. The van der Waals surface area contributed by atoms with Gasteiger partial charge in [0.1, 0.15) is 5.03 Å². The maximum atomic E-state index is 11.7. The molecule has 2 heterocycles. The van der Waals surface area contributed by atoms with E-state index >= 15 is 0 Å². The number of rotatable bonds is 5. The highest BCUT2D eigenvalue weighted by molar-refractivity contribution is 7.99. The number of H-pyrrole nitrogens is 1. The molecule has 0 fully saturated rings. The first-order valence-electron chi connectivity index (χ1n) is 6.51. The van der Waals surface area contributed by atoms with E-state index in [-0.39, 0.29) is 17.8 Å². The summed E-state index contributed by atoms with van der Waals surface area (Å²) in [7, 11) is 1.92. The van der Waals surface area contributed by atoms with Crippen LogP contribution in [0.4, 0.5) is 0 Å². The number of aromatic nitrogens is 4. The van der Waals surface area contributed by atoms with Gasteiger partial charge in [-0.25, -0.2) is 14.9 Å². The quantitative estimate of drug-likeness (QED) is 0.881. The highest BCUT2D eigenvalue weighted by Gasteiger charge is 2.14. The second kappa shape index (κ2) is 6.23. The second-order valence-corrected chi connectivity index (χ2v) is 5.80. The smallest absolute Gasteiger partial charge is 0.313 e. The lowest BCUT2D eigenvalue weighted by molar-refractivity contribution is 0.534. The summed E-state index contributed by atoms with van der Waals surface area (Å²) in [4.78, 5) is 16.0. The van der Waals surface area contributed by atoms with Gasteiger partial charge in [0.2, 0.25) is 0 Å². The van der Waals surface area contributed by atoms with Crippen LogP contribution >= 0.6 is 11.8 Å². The van der Waals surface area contributed by atoms with E-state index in [9.17, 15) is 4.79 Å². The summed E-state index contributed by atoms with van der Waals surface area (Å²) >= 11 is 1.39. The SMILES string of the molecule is CNC(C)c1ccnc(Sc2n[nH]c(=O)n2C(C)C)c1. The topological polar surface area (TPSA) is 75.6 Å². The predicted molar refractivity (Wildman–Crippen MR) is 79.1 cm³/mol. The van der Waals surface area contributed by atoms with Crippen LogP contribution in [0, 0.1) is 0 Å². The summed E-state index contributed by atoms with van der Waals surface area (Å²) in [6.45, 7) is 5.99. The molecule has 0 saturated heterocycles. The number of nitrogens with zero attached hydrogens (tertiary/aromatic N) is 3. The van der Waals surface area contributed by atoms with Crippen LogP contribution in [0.2, 0.25) is 0 Å². The lowest BCUT2D eigenvalue weighted by atomic mass is 10.1. The van der Waals surface area contributed by atoms with Gasteiger partial charge in [-0.3, -0.25) is 4.57 Å². The molecule has 108 valence electrons. The van der Waals surface area contributed by atoms with E-state index in [1.807, 2.05) is 33.0 Å². The molecule has 2 N–H and O–H groups in total. The van der Waals surface area contributed by atoms with Crippen LogP contribution in [0.3, 0.4) is 0 Å². The van der Waals surface area contributed by atoms with Crippen molar-refractivity contribution in [2.75, 3.05) is 7.05 Å². The molecule has 0 radical (unpaired) electrons. The maximum Gasteiger partial charge on any atom is 0.344 e. The van der Waals surface area contributed by atoms with Crippen molar-refractivity contribution >= 4 is 11.8 Å². The number of nitrogens with one attached hydrogen (secondary N) is 2. The van der Waals surface area contributed by atoms with Crippen molar-refractivity contribution in [2.45, 2.75) is 43.0 Å². The lowest BCUT2D eigenvalue weighted by Crippen LogP contribution is -2.19. The molecule has 0 aliphatic heterocycles. The Hall–Kier alpha value is -1.60. The average Bonchev–Trinajstić information content (AvgIpc) is 2.79. The van der Waals surface area contributed by atoms with Crippen molar-refractivity contribution < 1.29 is 0 Å². The molecule has 6 nitrogen and oxygen atoms in total. The summed E-state index contributed by atoms with van der Waals surface area (Å²) < 4.78 is 1.63. The van der Waals surface area contributed by atoms with Crippen LogP contribution in [0.25, 0.3) is 0 Å². The van der Waals surface area contributed by atoms with Crippen LogP contribution in [-0.2, 0) is 0 Å². The molecule has 20 heavy (non-hydrogen) atoms. The molecule has 0 amide bonds. The van der Waals surface area contributed by atoms with Gasteiger partial charge < -0.3 is 5.32 Å². The fourth-order valence-electron chi connectivity index (χ4n) is 1.83. The van der Waals surface area contributed by atoms with E-state index in [4.69, 9.17) is 0 Å². The molecule has 0 spiro atoms. The van der Waals surface area contributed by atoms with Gasteiger partial charge in [0.15, 0.2) is 5.16 Å². The van der Waals surface area contributed by atoms with Gasteiger partial charge in [-0.2, -0.15) is 0 Å². The molecule has 2 aromatic rings. The Morgan fingerprint density at radius 1 is 1.40 bits per heavy atom. The Balaban J connectivity index is 2.29. The Morgan fingerprint density at radius 3 is 2.80 bits per heavy atom. The maximum absolute atomic E-state index is 11.7. The van der Waals surface area contributed by atoms with E-state index in [0.29, 0.717) is 5.16 Å². The molecule has 1 unspecified atom stereocenters. The molecule has 1 atom stereocenters. The number of pyridine rings is 1. The van der Waals surface area contributed by atoms with Gasteiger partial charge >= 0.3 is 5.69 Å². The Kier molecular flexibility index (Phi) is 4.61. The Labute approximate surface area is 122 Å². The van der Waals surface area contributed by atoms with Crippen molar-refractivity contribution in [3.05, 3.63) is 34.4 Å². The largest absolute Gasteiger partial charge is 0.344 e. The summed E-state index contributed by atoms with van der Waals surface area (Å²) in [5.41, 5.74) is 0.959. The van der Waals surface area contributed by atoms with Crippen molar-refractivity contribution in [1.82, 2.24) is 25.1 Å². The first kappa shape index (κ1) is 14.8. The predicted octanol–water partition coefficient (Wildman–Crippen LogP) is 1.98. The van der Waals surface area contributed by atoms with Crippen LogP contribution in [0.5, 0.6) is 0 Å². The van der Waals surface area contributed by atoms with E-state index in [2.05, 4.69) is 27.4 Å². The molecular formula is C13H19N5OS. The summed E-state index contributed by atoms with van der Waals surface area (Å²) in [5.74, 6) is 0. The first-order chi connectivity index (χ1) is 9.52. The van der Waals surface area contributed by atoms with Gasteiger partial charge in [-0.15, -0.1) is 5.10 Å². The Morgan fingerprint density at radius 2 is 2.15 bits per heavy atom. The minimum absolute atomic E-state index is 0.0585. The summed E-state index contributed by atoms with van der Waals surface area (Å²) in [6, 6.07) is 4.30. The number of hydrogen-bond acceptors (Lipinski definition) is 5. The lowest BCUT2D eigenvalue weighted by Gasteiger charge is -2.12. The Bertz CT molecular complexity index is 634. The van der Waals surface area contributed by atoms with Gasteiger partial charge in [-0.1, -0.05) is 0 Å². The average molecular weight is 293 g/mol. The zero-order valence-electron chi connectivity index (χ0n) is 12.0. The third kappa shape index (κ3) is 3.10. The molecular weight excluding hydrogens is 274 g/mol. The third-order valence-corrected chi connectivity index (χ3v) is 3.98. The zero-order valence-corrected chi connectivity index (χ0v) is 12.9. The minimum atomic E-state index is -0.192. The summed E-state index contributed by atoms with van der Waals surface area (Å²) in [5, 5.41) is 11.2. The van der Waals surface area contributed by atoms with Crippen molar-refractivity contribution in [1.29, 1.82) is 0 Å². The molecule has 0 aliphatic carbocycles. The first-order valence-corrected chi connectivity index (χ1v) is 7.32. The molecule has 7 heteroatoms. The van der Waals surface area contributed by atoms with E-state index < -0.39 is 0 Å². The molecule has 2 aromatic heterocycles. The van der Waals surface area contributed by atoms with Crippen LogP contribution in [-0.4, -0.2) is 26.8 Å². The van der Waals surface area contributed by atoms with E-state index in [1.54, 1.807) is 10.8 Å². The van der Waals surface area contributed by atoms with Gasteiger partial charge in [0.25, 0.3) is 0 Å². The standard InChI is InChI=1S/C13H19N5OS/c1-8(2)18-12(19)16-17-13(18)20-11-7-10(5-6-15-11)9(3)14-4/h5-9,14H,1-4H3,(H,16,19). The van der Waals surface area contributed by atoms with Crippen molar-refractivity contribution in [3.63, 3.8) is 0 Å². The van der Waals surface area contributed by atoms with Gasteiger partial charge in [0.05, 0.1) is 0 Å². The van der Waals surface area contributed by atoms with Crippen LogP contribution in [0.15, 0.2) is 33.3 Å². The van der Waals surface area contributed by atoms with E-state index in [0.717, 1.165) is 10.6 Å². The highest BCUT2D eigenvalue weighted by Crippen LogP contribution is 2.26. The number of aromatic amines is 1. The molecule has 0 aliphatic rings. The van der Waals surface area contributed by atoms with E-state index in [1.165, 1.54) is 11.8 Å².